The monoisotopic (exact) mass is 561 g/mol. The molecular weight excluding hydrogens is 528 g/mol. The molecule has 3 atom stereocenters. The molecule has 0 aliphatic carbocycles. The lowest BCUT2D eigenvalue weighted by Crippen LogP contribution is -2.55. The summed E-state index contributed by atoms with van der Waals surface area (Å²) in [7, 11) is 1.39. The standard InChI is InChI=1S/C25H33F2N9O4/c1-25(2)10-14(7-15-5-4-6-35(15)25)29-22-18(27)11-28-23(31-22)30-19-9-20(36-24(39)34(3)32-33-36)21(8-17(19)26)40-13-16(38)12-37/h8-9,11,14-16,37-38H,4-7,10,12-13H2,1-3H3,(H2,28,29,30,31). The van der Waals surface area contributed by atoms with Crippen molar-refractivity contribution in [3.05, 3.63) is 40.4 Å². The second-order valence-corrected chi connectivity index (χ2v) is 10.8. The summed E-state index contributed by atoms with van der Waals surface area (Å²) in [6.07, 6.45) is 3.72. The van der Waals surface area contributed by atoms with Crippen molar-refractivity contribution < 1.29 is 23.7 Å². The number of aliphatic hydroxyl groups excluding tert-OH is 2. The maximum Gasteiger partial charge on any atom is 0.368 e. The molecule has 0 spiro atoms. The van der Waals surface area contributed by atoms with Gasteiger partial charge in [-0.25, -0.2) is 18.6 Å². The van der Waals surface area contributed by atoms with Gasteiger partial charge in [-0.15, -0.1) is 0 Å². The van der Waals surface area contributed by atoms with Crippen molar-refractivity contribution in [3.63, 3.8) is 0 Å². The van der Waals surface area contributed by atoms with Crippen LogP contribution in [0.15, 0.2) is 23.1 Å². The Balaban J connectivity index is 1.41. The zero-order chi connectivity index (χ0) is 28.6. The fraction of sp³-hybridized carbons (Fsp3) is 0.560. The van der Waals surface area contributed by atoms with Crippen LogP contribution < -0.4 is 21.1 Å². The minimum atomic E-state index is -1.22. The van der Waals surface area contributed by atoms with Gasteiger partial charge in [-0.1, -0.05) is 0 Å². The first kappa shape index (κ1) is 27.9. The number of anilines is 3. The average Bonchev–Trinajstić information content (AvgIpc) is 3.52. The fourth-order valence-electron chi connectivity index (χ4n) is 5.59. The van der Waals surface area contributed by atoms with E-state index in [1.165, 1.54) is 13.1 Å². The van der Waals surface area contributed by atoms with E-state index < -0.39 is 30.0 Å². The topological polar surface area (TPSA) is 155 Å². The van der Waals surface area contributed by atoms with Crippen molar-refractivity contribution in [2.45, 2.75) is 63.3 Å². The minimum Gasteiger partial charge on any atom is -0.488 e. The third kappa shape index (κ3) is 5.62. The number of aromatic nitrogens is 6. The van der Waals surface area contributed by atoms with Crippen LogP contribution in [0, 0.1) is 11.6 Å². The molecule has 0 radical (unpaired) electrons. The van der Waals surface area contributed by atoms with Crippen LogP contribution in [0.2, 0.25) is 0 Å². The quantitative estimate of drug-likeness (QED) is 0.299. The summed E-state index contributed by atoms with van der Waals surface area (Å²) >= 11 is 0. The van der Waals surface area contributed by atoms with Gasteiger partial charge in [0.25, 0.3) is 0 Å². The predicted molar refractivity (Wildman–Crippen MR) is 141 cm³/mol. The Bertz CT molecular complexity index is 1430. The number of nitrogens with one attached hydrogen (secondary N) is 2. The van der Waals surface area contributed by atoms with E-state index in [0.717, 1.165) is 53.9 Å². The number of rotatable bonds is 9. The molecule has 216 valence electrons. The highest BCUT2D eigenvalue weighted by Gasteiger charge is 2.43. The van der Waals surface area contributed by atoms with Crippen LogP contribution in [-0.2, 0) is 7.05 Å². The molecule has 4 N–H and O–H groups in total. The molecule has 3 aromatic rings. The van der Waals surface area contributed by atoms with Crippen molar-refractivity contribution in [3.8, 4) is 11.4 Å². The summed E-state index contributed by atoms with van der Waals surface area (Å²) < 4.78 is 37.2. The number of aliphatic hydroxyl groups is 2. The van der Waals surface area contributed by atoms with Crippen molar-refractivity contribution in [1.29, 1.82) is 0 Å². The van der Waals surface area contributed by atoms with Gasteiger partial charge in [0.05, 0.1) is 18.5 Å². The molecule has 2 saturated heterocycles. The number of aryl methyl sites for hydroxylation is 1. The van der Waals surface area contributed by atoms with Gasteiger partial charge in [0, 0.05) is 30.7 Å². The first-order chi connectivity index (χ1) is 19.1. The summed E-state index contributed by atoms with van der Waals surface area (Å²) in [4.78, 5) is 23.3. The molecule has 5 rings (SSSR count). The third-order valence-corrected chi connectivity index (χ3v) is 7.43. The Morgan fingerprint density at radius 2 is 2.05 bits per heavy atom. The molecule has 40 heavy (non-hydrogen) atoms. The highest BCUT2D eigenvalue weighted by atomic mass is 19.1. The number of hydrogen-bond acceptors (Lipinski definition) is 11. The van der Waals surface area contributed by atoms with Gasteiger partial charge in [0.15, 0.2) is 17.5 Å². The normalized spacial score (nSPS) is 21.2. The summed E-state index contributed by atoms with van der Waals surface area (Å²) in [6, 6.07) is 2.66. The van der Waals surface area contributed by atoms with E-state index in [9.17, 15) is 14.3 Å². The zero-order valence-corrected chi connectivity index (χ0v) is 22.5. The molecular formula is C25H33F2N9O4. The highest BCUT2D eigenvalue weighted by Crippen LogP contribution is 2.38. The van der Waals surface area contributed by atoms with Gasteiger partial charge in [0.2, 0.25) is 5.95 Å². The van der Waals surface area contributed by atoms with Crippen LogP contribution >= 0.6 is 0 Å². The van der Waals surface area contributed by atoms with Crippen LogP contribution in [0.4, 0.5) is 26.2 Å². The minimum absolute atomic E-state index is 0.00386. The molecule has 2 aliphatic rings. The van der Waals surface area contributed by atoms with Crippen molar-refractivity contribution in [2.75, 3.05) is 30.4 Å². The molecule has 15 heteroatoms. The Kier molecular flexibility index (Phi) is 7.70. The number of nitrogens with zero attached hydrogens (tertiary/aromatic N) is 7. The van der Waals surface area contributed by atoms with Crippen LogP contribution in [0.5, 0.6) is 5.75 Å². The molecule has 1 aromatic carbocycles. The van der Waals surface area contributed by atoms with Gasteiger partial charge in [-0.05, 0) is 62.6 Å². The second kappa shape index (κ2) is 11.1. The number of halogens is 2. The molecule has 2 fully saturated rings. The van der Waals surface area contributed by atoms with E-state index in [2.05, 4.69) is 49.8 Å². The lowest BCUT2D eigenvalue weighted by Gasteiger charge is -2.47. The molecule has 0 saturated carbocycles. The number of benzene rings is 1. The number of tetrazole rings is 1. The van der Waals surface area contributed by atoms with E-state index in [1.54, 1.807) is 0 Å². The van der Waals surface area contributed by atoms with Gasteiger partial charge in [-0.2, -0.15) is 14.3 Å². The largest absolute Gasteiger partial charge is 0.488 e. The van der Waals surface area contributed by atoms with Crippen LogP contribution in [0.25, 0.3) is 5.69 Å². The summed E-state index contributed by atoms with van der Waals surface area (Å²) in [5.74, 6) is -1.61. The zero-order valence-electron chi connectivity index (χ0n) is 22.5. The van der Waals surface area contributed by atoms with Gasteiger partial charge < -0.3 is 25.6 Å². The van der Waals surface area contributed by atoms with Crippen LogP contribution in [0.3, 0.4) is 0 Å². The molecule has 0 amide bonds. The van der Waals surface area contributed by atoms with Gasteiger partial charge in [0.1, 0.15) is 24.1 Å². The van der Waals surface area contributed by atoms with Crippen molar-refractivity contribution >= 4 is 17.5 Å². The first-order valence-electron chi connectivity index (χ1n) is 13.1. The van der Waals surface area contributed by atoms with E-state index in [4.69, 9.17) is 9.84 Å². The maximum absolute atomic E-state index is 15.2. The maximum atomic E-state index is 15.2. The van der Waals surface area contributed by atoms with Gasteiger partial charge >= 0.3 is 5.69 Å². The number of piperidine rings is 1. The lowest BCUT2D eigenvalue weighted by atomic mass is 9.84. The lowest BCUT2D eigenvalue weighted by molar-refractivity contribution is 0.0500. The predicted octanol–water partition coefficient (Wildman–Crippen LogP) is 1.33. The molecule has 3 unspecified atom stereocenters. The number of ether oxygens (including phenoxy) is 1. The van der Waals surface area contributed by atoms with E-state index in [-0.39, 0.29) is 47.1 Å². The van der Waals surface area contributed by atoms with E-state index in [1.807, 2.05) is 0 Å². The SMILES string of the molecule is Cn1nnn(-c2cc(Nc3ncc(F)c(NC4CC5CCCN5C(C)(C)C4)n3)c(F)cc2OCC(O)CO)c1=O. The molecule has 2 aliphatic heterocycles. The summed E-state index contributed by atoms with van der Waals surface area (Å²) in [5, 5.41) is 32.2. The van der Waals surface area contributed by atoms with Crippen molar-refractivity contribution in [2.24, 2.45) is 7.05 Å². The number of hydrogen-bond donors (Lipinski definition) is 4. The van der Waals surface area contributed by atoms with E-state index in [0.29, 0.717) is 6.04 Å². The molecule has 2 aromatic heterocycles. The molecule has 4 heterocycles. The smallest absolute Gasteiger partial charge is 0.368 e. The first-order valence-corrected chi connectivity index (χ1v) is 13.1. The Morgan fingerprint density at radius 3 is 2.77 bits per heavy atom. The van der Waals surface area contributed by atoms with E-state index >= 15 is 4.39 Å². The van der Waals surface area contributed by atoms with Gasteiger partial charge in [-0.3, -0.25) is 4.90 Å². The highest BCUT2D eigenvalue weighted by molar-refractivity contribution is 5.63. The average molecular weight is 562 g/mol. The van der Waals surface area contributed by atoms with Crippen LogP contribution in [-0.4, -0.2) is 88.4 Å². The van der Waals surface area contributed by atoms with Crippen LogP contribution in [0.1, 0.15) is 39.5 Å². The Morgan fingerprint density at radius 1 is 1.25 bits per heavy atom. The number of fused-ring (bicyclic) bond motifs is 1. The Hall–Kier alpha value is -3.69. The Labute approximate surface area is 228 Å². The third-order valence-electron chi connectivity index (χ3n) is 7.43. The summed E-state index contributed by atoms with van der Waals surface area (Å²) in [5.41, 5.74) is -0.791. The molecule has 0 bridgehead atoms. The van der Waals surface area contributed by atoms with Crippen molar-refractivity contribution in [1.82, 2.24) is 34.7 Å². The molecule has 13 nitrogen and oxygen atoms in total. The summed E-state index contributed by atoms with van der Waals surface area (Å²) in [6.45, 7) is 4.53. The second-order valence-electron chi connectivity index (χ2n) is 10.8. The fourth-order valence-corrected chi connectivity index (χ4v) is 5.59.